The zero-order chi connectivity index (χ0) is 23.9. The molecule has 10 nitrogen and oxygen atoms in total. The van der Waals surface area contributed by atoms with E-state index in [2.05, 4.69) is 20.4 Å². The number of carbonyl (C=O) groups is 2. The summed E-state index contributed by atoms with van der Waals surface area (Å²) in [6.45, 7) is 1.83. The Morgan fingerprint density at radius 3 is 2.74 bits per heavy atom. The highest BCUT2D eigenvalue weighted by atomic mass is 32.1. The van der Waals surface area contributed by atoms with Crippen molar-refractivity contribution >= 4 is 39.6 Å². The molecule has 0 unspecified atom stereocenters. The number of aromatic nitrogens is 2. The molecule has 1 fully saturated rings. The van der Waals surface area contributed by atoms with Crippen molar-refractivity contribution in [3.05, 3.63) is 53.5 Å². The molecule has 0 aliphatic carbocycles. The first-order chi connectivity index (χ1) is 16.6. The number of benzene rings is 1. The van der Waals surface area contributed by atoms with Gasteiger partial charge in [0.1, 0.15) is 11.6 Å². The minimum Gasteiger partial charge on any atom is -0.493 e. The van der Waals surface area contributed by atoms with E-state index in [9.17, 15) is 14.9 Å². The van der Waals surface area contributed by atoms with Crippen molar-refractivity contribution in [1.29, 1.82) is 5.26 Å². The van der Waals surface area contributed by atoms with Gasteiger partial charge in [-0.15, -0.1) is 10.2 Å². The van der Waals surface area contributed by atoms with Gasteiger partial charge in [-0.2, -0.15) is 5.26 Å². The molecule has 1 amide bonds. The summed E-state index contributed by atoms with van der Waals surface area (Å²) in [6, 6.07) is 9.61. The molecule has 3 aromatic rings. The number of amides is 1. The van der Waals surface area contributed by atoms with Crippen LogP contribution in [-0.4, -0.2) is 42.3 Å². The van der Waals surface area contributed by atoms with Crippen LogP contribution in [0, 0.1) is 11.3 Å². The third-order valence-electron chi connectivity index (χ3n) is 5.05. The molecule has 1 aliphatic heterocycles. The number of furan rings is 1. The first kappa shape index (κ1) is 23.0. The SMILES string of the molecule is COc1cc(C=C(C#N)C(=O)Nc2nnc(N3CCCCC3)s2)ccc1OC(=O)c1ccco1. The largest absolute Gasteiger partial charge is 0.493 e. The quantitative estimate of drug-likeness (QED) is 0.232. The fourth-order valence-electron chi connectivity index (χ4n) is 3.36. The van der Waals surface area contributed by atoms with E-state index in [-0.39, 0.29) is 22.8 Å². The minimum atomic E-state index is -0.676. The van der Waals surface area contributed by atoms with Gasteiger partial charge in [-0.05, 0) is 55.2 Å². The molecule has 11 heteroatoms. The van der Waals surface area contributed by atoms with Gasteiger partial charge in [0.2, 0.25) is 16.0 Å². The van der Waals surface area contributed by atoms with Crippen molar-refractivity contribution in [2.45, 2.75) is 19.3 Å². The number of ether oxygens (including phenoxy) is 2. The maximum atomic E-state index is 12.6. The molecule has 174 valence electrons. The zero-order valence-electron chi connectivity index (χ0n) is 18.3. The number of nitrogens with one attached hydrogen (secondary N) is 1. The second kappa shape index (κ2) is 10.6. The van der Waals surface area contributed by atoms with Crippen LogP contribution in [0.5, 0.6) is 11.5 Å². The van der Waals surface area contributed by atoms with Gasteiger partial charge in [0.25, 0.3) is 5.91 Å². The lowest BCUT2D eigenvalue weighted by atomic mass is 10.1. The number of hydrogen-bond acceptors (Lipinski definition) is 10. The maximum absolute atomic E-state index is 12.6. The highest BCUT2D eigenvalue weighted by molar-refractivity contribution is 7.19. The average Bonchev–Trinajstić information content (AvgIpc) is 3.56. The number of piperidine rings is 1. The summed E-state index contributed by atoms with van der Waals surface area (Å²) < 4.78 is 15.6. The number of carbonyl (C=O) groups excluding carboxylic acids is 2. The number of anilines is 2. The van der Waals surface area contributed by atoms with Gasteiger partial charge in [0.05, 0.1) is 13.4 Å². The van der Waals surface area contributed by atoms with Crippen LogP contribution in [0.1, 0.15) is 35.4 Å². The molecule has 1 aliphatic rings. The minimum absolute atomic E-state index is 0.0505. The van der Waals surface area contributed by atoms with Crippen LogP contribution >= 0.6 is 11.3 Å². The Morgan fingerprint density at radius 2 is 2.03 bits per heavy atom. The average molecular weight is 480 g/mol. The molecule has 0 radical (unpaired) electrons. The topological polar surface area (TPSA) is 131 Å². The van der Waals surface area contributed by atoms with Crippen molar-refractivity contribution < 1.29 is 23.5 Å². The van der Waals surface area contributed by atoms with Crippen LogP contribution < -0.4 is 19.7 Å². The number of nitriles is 1. The molecule has 2 aromatic heterocycles. The van der Waals surface area contributed by atoms with Crippen molar-refractivity contribution in [2.75, 3.05) is 30.4 Å². The van der Waals surface area contributed by atoms with Gasteiger partial charge in [-0.3, -0.25) is 10.1 Å². The molecule has 0 spiro atoms. The lowest BCUT2D eigenvalue weighted by Gasteiger charge is -2.25. The molecule has 34 heavy (non-hydrogen) atoms. The van der Waals surface area contributed by atoms with Crippen LogP contribution in [0.4, 0.5) is 10.3 Å². The summed E-state index contributed by atoms with van der Waals surface area (Å²) in [5.74, 6) is -0.805. The number of esters is 1. The molecule has 4 rings (SSSR count). The lowest BCUT2D eigenvalue weighted by molar-refractivity contribution is -0.112. The van der Waals surface area contributed by atoms with Gasteiger partial charge >= 0.3 is 5.97 Å². The Bertz CT molecular complexity index is 1240. The maximum Gasteiger partial charge on any atom is 0.379 e. The number of rotatable bonds is 7. The molecular formula is C23H21N5O5S. The van der Waals surface area contributed by atoms with Crippen molar-refractivity contribution in [3.8, 4) is 17.6 Å². The predicted molar refractivity (Wildman–Crippen MR) is 125 cm³/mol. The third kappa shape index (κ3) is 5.41. The highest BCUT2D eigenvalue weighted by Gasteiger charge is 2.19. The highest BCUT2D eigenvalue weighted by Crippen LogP contribution is 2.30. The van der Waals surface area contributed by atoms with Gasteiger partial charge in [-0.1, -0.05) is 17.4 Å². The summed E-state index contributed by atoms with van der Waals surface area (Å²) >= 11 is 1.27. The lowest BCUT2D eigenvalue weighted by Crippen LogP contribution is -2.29. The first-order valence-electron chi connectivity index (χ1n) is 10.5. The van der Waals surface area contributed by atoms with Crippen LogP contribution in [-0.2, 0) is 4.79 Å². The summed E-state index contributed by atoms with van der Waals surface area (Å²) in [7, 11) is 1.42. The van der Waals surface area contributed by atoms with E-state index in [1.165, 1.54) is 49.3 Å². The molecular weight excluding hydrogens is 458 g/mol. The molecule has 1 saturated heterocycles. The normalized spacial score (nSPS) is 13.8. The number of methoxy groups -OCH3 is 1. The van der Waals surface area contributed by atoms with Crippen LogP contribution in [0.15, 0.2) is 46.6 Å². The Balaban J connectivity index is 1.46. The van der Waals surface area contributed by atoms with E-state index < -0.39 is 11.9 Å². The first-order valence-corrected chi connectivity index (χ1v) is 11.3. The van der Waals surface area contributed by atoms with E-state index in [1.54, 1.807) is 18.2 Å². The molecule has 1 N–H and O–H groups in total. The Hall–Kier alpha value is -4.17. The van der Waals surface area contributed by atoms with Gasteiger partial charge in [0.15, 0.2) is 11.5 Å². The summed E-state index contributed by atoms with van der Waals surface area (Å²) in [5.41, 5.74) is 0.379. The fraction of sp³-hybridized carbons (Fsp3) is 0.261. The number of nitrogens with zero attached hydrogens (tertiary/aromatic N) is 4. The predicted octanol–water partition coefficient (Wildman–Crippen LogP) is 3.89. The molecule has 0 saturated carbocycles. The second-order valence-corrected chi connectivity index (χ2v) is 8.29. The van der Waals surface area contributed by atoms with Crippen LogP contribution in [0.3, 0.4) is 0 Å². The molecule has 0 bridgehead atoms. The Morgan fingerprint density at radius 1 is 1.21 bits per heavy atom. The Labute approximate surface area is 199 Å². The summed E-state index contributed by atoms with van der Waals surface area (Å²) in [6.07, 6.45) is 6.18. The molecule has 1 aromatic carbocycles. The Kier molecular flexibility index (Phi) is 7.19. The fourth-order valence-corrected chi connectivity index (χ4v) is 4.15. The van der Waals surface area contributed by atoms with E-state index in [1.807, 2.05) is 6.07 Å². The van der Waals surface area contributed by atoms with Crippen molar-refractivity contribution in [1.82, 2.24) is 10.2 Å². The van der Waals surface area contributed by atoms with Crippen molar-refractivity contribution in [2.24, 2.45) is 0 Å². The third-order valence-corrected chi connectivity index (χ3v) is 5.95. The van der Waals surface area contributed by atoms with Gasteiger partial charge < -0.3 is 18.8 Å². The van der Waals surface area contributed by atoms with Gasteiger partial charge in [0, 0.05) is 13.1 Å². The van der Waals surface area contributed by atoms with E-state index in [0.29, 0.717) is 10.7 Å². The van der Waals surface area contributed by atoms with E-state index >= 15 is 0 Å². The zero-order valence-corrected chi connectivity index (χ0v) is 19.1. The second-order valence-electron chi connectivity index (χ2n) is 7.34. The molecule has 3 heterocycles. The number of hydrogen-bond donors (Lipinski definition) is 1. The summed E-state index contributed by atoms with van der Waals surface area (Å²) in [5, 5.41) is 21.4. The molecule has 0 atom stereocenters. The van der Waals surface area contributed by atoms with Crippen molar-refractivity contribution in [3.63, 3.8) is 0 Å². The standard InChI is InChI=1S/C23H21N5O5S/c1-31-19-13-15(7-8-17(19)33-21(30)18-6-5-11-32-18)12-16(14-24)20(29)25-22-26-27-23(34-22)28-9-3-2-4-10-28/h5-8,11-13H,2-4,9-10H2,1H3,(H,25,26,29). The smallest absolute Gasteiger partial charge is 0.379 e. The van der Waals surface area contributed by atoms with Gasteiger partial charge in [-0.25, -0.2) is 4.79 Å². The van der Waals surface area contributed by atoms with E-state index in [0.717, 1.165) is 31.1 Å². The van der Waals surface area contributed by atoms with Crippen LogP contribution in [0.25, 0.3) is 6.08 Å². The van der Waals surface area contributed by atoms with Crippen LogP contribution in [0.2, 0.25) is 0 Å². The summed E-state index contributed by atoms with van der Waals surface area (Å²) in [4.78, 5) is 26.9. The van der Waals surface area contributed by atoms with E-state index in [4.69, 9.17) is 13.9 Å². The monoisotopic (exact) mass is 479 g/mol.